The number of benzene rings is 1. The lowest BCUT2D eigenvalue weighted by molar-refractivity contribution is -0.142. The van der Waals surface area contributed by atoms with Crippen LogP contribution >= 0.6 is 22.9 Å². The molecule has 5 nitrogen and oxygen atoms in total. The molecule has 0 atom stereocenters. The van der Waals surface area contributed by atoms with Crippen LogP contribution in [0.1, 0.15) is 28.5 Å². The Morgan fingerprint density at radius 1 is 1.36 bits per heavy atom. The normalized spacial score (nSPS) is 11.2. The van der Waals surface area contributed by atoms with Gasteiger partial charge in [0, 0.05) is 5.38 Å². The van der Waals surface area contributed by atoms with Crippen molar-refractivity contribution in [2.45, 2.75) is 19.5 Å². The Morgan fingerprint density at radius 3 is 2.72 bits per heavy atom. The van der Waals surface area contributed by atoms with Gasteiger partial charge in [-0.05, 0) is 19.1 Å². The van der Waals surface area contributed by atoms with Crippen molar-refractivity contribution < 1.29 is 27.5 Å². The highest BCUT2D eigenvalue weighted by Gasteiger charge is 2.34. The van der Waals surface area contributed by atoms with E-state index in [1.54, 1.807) is 12.3 Å². The molecule has 10 heteroatoms. The van der Waals surface area contributed by atoms with Crippen LogP contribution in [0, 0.1) is 0 Å². The summed E-state index contributed by atoms with van der Waals surface area (Å²) in [7, 11) is 0. The lowest BCUT2D eigenvalue weighted by Gasteiger charge is -2.11. The van der Waals surface area contributed by atoms with Gasteiger partial charge in [0.15, 0.2) is 5.13 Å². The molecule has 0 bridgehead atoms. The zero-order chi connectivity index (χ0) is 18.6. The van der Waals surface area contributed by atoms with Gasteiger partial charge >= 0.3 is 12.1 Å². The first kappa shape index (κ1) is 19.2. The van der Waals surface area contributed by atoms with E-state index in [1.807, 2.05) is 0 Å². The van der Waals surface area contributed by atoms with Crippen LogP contribution in [-0.2, 0) is 22.1 Å². The summed E-state index contributed by atoms with van der Waals surface area (Å²) in [5.74, 6) is -1.29. The van der Waals surface area contributed by atoms with Crippen LogP contribution < -0.4 is 5.32 Å². The number of alkyl halides is 3. The van der Waals surface area contributed by atoms with Gasteiger partial charge in [-0.3, -0.25) is 14.9 Å². The molecule has 1 amide bonds. The Hall–Kier alpha value is -2.13. The minimum absolute atomic E-state index is 0.0650. The summed E-state index contributed by atoms with van der Waals surface area (Å²) < 4.78 is 43.3. The van der Waals surface area contributed by atoms with Crippen molar-refractivity contribution in [1.29, 1.82) is 0 Å². The number of thiazole rings is 1. The SMILES string of the molecule is CCOC(=O)Cc1csc(NC(=O)c2cccc(C(F)(F)F)c2Cl)n1. The number of halogens is 4. The fourth-order valence-electron chi connectivity index (χ4n) is 1.90. The largest absolute Gasteiger partial charge is 0.466 e. The van der Waals surface area contributed by atoms with Crippen LogP contribution in [0.15, 0.2) is 23.6 Å². The highest BCUT2D eigenvalue weighted by atomic mass is 35.5. The second kappa shape index (κ2) is 7.83. The van der Waals surface area contributed by atoms with Gasteiger partial charge in [0.1, 0.15) is 0 Å². The van der Waals surface area contributed by atoms with Gasteiger partial charge < -0.3 is 4.74 Å². The van der Waals surface area contributed by atoms with Crippen LogP contribution in [0.3, 0.4) is 0 Å². The van der Waals surface area contributed by atoms with Crippen LogP contribution in [0.4, 0.5) is 18.3 Å². The molecule has 0 saturated carbocycles. The van der Waals surface area contributed by atoms with Crippen molar-refractivity contribution in [2.75, 3.05) is 11.9 Å². The number of carbonyl (C=O) groups is 2. The fraction of sp³-hybridized carbons (Fsp3) is 0.267. The van der Waals surface area contributed by atoms with E-state index in [0.717, 1.165) is 23.5 Å². The smallest absolute Gasteiger partial charge is 0.417 e. The minimum Gasteiger partial charge on any atom is -0.466 e. The second-order valence-corrected chi connectivity index (χ2v) is 5.98. The van der Waals surface area contributed by atoms with E-state index in [-0.39, 0.29) is 23.7 Å². The van der Waals surface area contributed by atoms with Gasteiger partial charge in [-0.1, -0.05) is 17.7 Å². The van der Waals surface area contributed by atoms with Crippen molar-refractivity contribution in [2.24, 2.45) is 0 Å². The summed E-state index contributed by atoms with van der Waals surface area (Å²) in [4.78, 5) is 27.6. The molecular weight excluding hydrogens is 381 g/mol. The van der Waals surface area contributed by atoms with E-state index in [1.165, 1.54) is 6.07 Å². The maximum absolute atomic E-state index is 12.8. The molecule has 2 aromatic rings. The van der Waals surface area contributed by atoms with Crippen molar-refractivity contribution in [3.63, 3.8) is 0 Å². The predicted octanol–water partition coefficient (Wildman–Crippen LogP) is 4.17. The number of carbonyl (C=O) groups excluding carboxylic acids is 2. The maximum atomic E-state index is 12.8. The van der Waals surface area contributed by atoms with E-state index in [9.17, 15) is 22.8 Å². The summed E-state index contributed by atoms with van der Waals surface area (Å²) in [5, 5.41) is 3.36. The number of nitrogens with zero attached hydrogens (tertiary/aromatic N) is 1. The number of aromatic nitrogens is 1. The van der Waals surface area contributed by atoms with Gasteiger partial charge in [-0.15, -0.1) is 11.3 Å². The molecule has 0 unspecified atom stereocenters. The van der Waals surface area contributed by atoms with E-state index >= 15 is 0 Å². The summed E-state index contributed by atoms with van der Waals surface area (Å²) in [5.41, 5.74) is -1.03. The standard InChI is InChI=1S/C15H12ClF3N2O3S/c1-2-24-11(22)6-8-7-25-14(20-8)21-13(23)9-4-3-5-10(12(9)16)15(17,18)19/h3-5,7H,2,6H2,1H3,(H,20,21,23). The van der Waals surface area contributed by atoms with Gasteiger partial charge in [0.25, 0.3) is 5.91 Å². The molecule has 1 N–H and O–H groups in total. The molecule has 2 rings (SSSR count). The topological polar surface area (TPSA) is 68.3 Å². The van der Waals surface area contributed by atoms with Gasteiger partial charge in [0.05, 0.1) is 34.9 Å². The number of ether oxygens (including phenoxy) is 1. The summed E-state index contributed by atoms with van der Waals surface area (Å²) in [6, 6.07) is 3.07. The highest BCUT2D eigenvalue weighted by Crippen LogP contribution is 2.36. The van der Waals surface area contributed by atoms with E-state index in [4.69, 9.17) is 16.3 Å². The molecule has 1 heterocycles. The van der Waals surface area contributed by atoms with E-state index in [2.05, 4.69) is 10.3 Å². The van der Waals surface area contributed by atoms with Crippen molar-refractivity contribution in [1.82, 2.24) is 4.98 Å². The molecule has 1 aromatic carbocycles. The number of esters is 1. The van der Waals surface area contributed by atoms with Crippen LogP contribution in [0.2, 0.25) is 5.02 Å². The Kier molecular flexibility index (Phi) is 6.02. The first-order chi connectivity index (χ1) is 11.7. The van der Waals surface area contributed by atoms with Gasteiger partial charge in [-0.25, -0.2) is 4.98 Å². The molecule has 1 aromatic heterocycles. The molecule has 0 fully saturated rings. The fourth-order valence-corrected chi connectivity index (χ4v) is 2.92. The number of anilines is 1. The number of amides is 1. The third-order valence-corrected chi connectivity index (χ3v) is 4.17. The minimum atomic E-state index is -4.67. The molecule has 25 heavy (non-hydrogen) atoms. The molecule has 0 aliphatic carbocycles. The van der Waals surface area contributed by atoms with Gasteiger partial charge in [-0.2, -0.15) is 13.2 Å². The summed E-state index contributed by atoms with van der Waals surface area (Å²) in [6.45, 7) is 1.91. The average molecular weight is 393 g/mol. The predicted molar refractivity (Wildman–Crippen MR) is 86.9 cm³/mol. The second-order valence-electron chi connectivity index (χ2n) is 4.74. The zero-order valence-electron chi connectivity index (χ0n) is 12.8. The number of nitrogens with one attached hydrogen (secondary N) is 1. The Balaban J connectivity index is 2.13. The molecule has 0 aliphatic heterocycles. The van der Waals surface area contributed by atoms with E-state index in [0.29, 0.717) is 5.69 Å². The molecular formula is C15H12ClF3N2O3S. The van der Waals surface area contributed by atoms with Crippen LogP contribution in [0.5, 0.6) is 0 Å². The zero-order valence-corrected chi connectivity index (χ0v) is 14.4. The van der Waals surface area contributed by atoms with Crippen molar-refractivity contribution in [3.05, 3.63) is 45.4 Å². The highest BCUT2D eigenvalue weighted by molar-refractivity contribution is 7.14. The number of hydrogen-bond acceptors (Lipinski definition) is 5. The Bertz CT molecular complexity index is 793. The molecule has 0 spiro atoms. The number of hydrogen-bond donors (Lipinski definition) is 1. The molecule has 0 aliphatic rings. The van der Waals surface area contributed by atoms with Crippen molar-refractivity contribution >= 4 is 39.9 Å². The summed E-state index contributed by atoms with van der Waals surface area (Å²) >= 11 is 6.74. The quantitative estimate of drug-likeness (QED) is 0.775. The Morgan fingerprint density at radius 2 is 2.08 bits per heavy atom. The molecule has 0 saturated heterocycles. The molecule has 134 valence electrons. The van der Waals surface area contributed by atoms with Gasteiger partial charge in [0.2, 0.25) is 0 Å². The van der Waals surface area contributed by atoms with Crippen molar-refractivity contribution in [3.8, 4) is 0 Å². The lowest BCUT2D eigenvalue weighted by Crippen LogP contribution is -2.15. The number of rotatable bonds is 5. The Labute approximate surface area is 149 Å². The first-order valence-electron chi connectivity index (χ1n) is 6.99. The third kappa shape index (κ3) is 4.93. The first-order valence-corrected chi connectivity index (χ1v) is 8.25. The van der Waals surface area contributed by atoms with Crippen LogP contribution in [0.25, 0.3) is 0 Å². The van der Waals surface area contributed by atoms with Crippen LogP contribution in [-0.4, -0.2) is 23.5 Å². The lowest BCUT2D eigenvalue weighted by atomic mass is 10.1. The molecule has 0 radical (unpaired) electrons. The van der Waals surface area contributed by atoms with E-state index < -0.39 is 28.6 Å². The maximum Gasteiger partial charge on any atom is 0.417 e. The average Bonchev–Trinajstić information content (AvgIpc) is 2.93. The summed E-state index contributed by atoms with van der Waals surface area (Å²) in [6.07, 6.45) is -4.73. The third-order valence-electron chi connectivity index (χ3n) is 2.95. The monoisotopic (exact) mass is 392 g/mol.